The first kappa shape index (κ1) is 18.2. The number of hydrogen-bond donors (Lipinski definition) is 3. The summed E-state index contributed by atoms with van der Waals surface area (Å²) in [4.78, 5) is 22.1. The molecule has 3 N–H and O–H groups in total. The molecule has 0 aliphatic carbocycles. The molecule has 0 saturated carbocycles. The molecule has 0 aliphatic rings. The maximum Gasteiger partial charge on any atom is 0.270 e. The van der Waals surface area contributed by atoms with Gasteiger partial charge < -0.3 is 10.4 Å². The smallest absolute Gasteiger partial charge is 0.270 e. The number of hydrazone groups is 1. The van der Waals surface area contributed by atoms with Crippen LogP contribution < -0.4 is 10.7 Å². The maximum absolute atomic E-state index is 12.0. The summed E-state index contributed by atoms with van der Waals surface area (Å²) < 4.78 is 0. The minimum Gasteiger partial charge on any atom is -0.507 e. The first-order valence-electron chi connectivity index (χ1n) is 7.19. The summed E-state index contributed by atoms with van der Waals surface area (Å²) in [6.07, 6.45) is 1.13. The first-order chi connectivity index (χ1) is 11.9. The number of carbonyl (C=O) groups is 1. The van der Waals surface area contributed by atoms with Crippen LogP contribution in [0.5, 0.6) is 5.75 Å². The molecule has 0 aromatic heterocycles. The summed E-state index contributed by atoms with van der Waals surface area (Å²) in [5.41, 5.74) is 2.94. The molecule has 130 valence electrons. The Hall–Kier alpha value is -3.13. The number of phenolic OH excluding ortho intramolecular Hbond substituents is 1. The Balaban J connectivity index is 1.96. The largest absolute Gasteiger partial charge is 0.507 e. The lowest BCUT2D eigenvalue weighted by molar-refractivity contribution is -0.384. The summed E-state index contributed by atoms with van der Waals surface area (Å²) >= 11 is 5.79. The average molecular weight is 363 g/mol. The van der Waals surface area contributed by atoms with Gasteiger partial charge in [-0.15, -0.1) is 0 Å². The average Bonchev–Trinajstić information content (AvgIpc) is 2.58. The van der Waals surface area contributed by atoms with E-state index in [1.165, 1.54) is 12.1 Å². The molecular weight excluding hydrogens is 348 g/mol. The Labute approximate surface area is 148 Å². The number of nitrogens with one attached hydrogen (secondary N) is 2. The molecule has 0 aliphatic heterocycles. The summed E-state index contributed by atoms with van der Waals surface area (Å²) in [6.45, 7) is 1.64. The third kappa shape index (κ3) is 5.18. The van der Waals surface area contributed by atoms with Gasteiger partial charge in [0.1, 0.15) is 11.8 Å². The fraction of sp³-hybridized carbons (Fsp3) is 0.125. The van der Waals surface area contributed by atoms with E-state index in [4.69, 9.17) is 11.6 Å². The Morgan fingerprint density at radius 2 is 2.00 bits per heavy atom. The van der Waals surface area contributed by atoms with Crippen LogP contribution in [0.15, 0.2) is 47.6 Å². The zero-order chi connectivity index (χ0) is 18.4. The molecule has 25 heavy (non-hydrogen) atoms. The first-order valence-corrected chi connectivity index (χ1v) is 7.57. The van der Waals surface area contributed by atoms with Crippen molar-refractivity contribution in [3.63, 3.8) is 0 Å². The number of halogens is 1. The standard InChI is InChI=1S/C16H15ClN4O4/c1-10(19-13-4-2-12(17)3-5-13)16(23)20-18-9-11-8-14(21(24)25)6-7-15(11)22/h2-10,19,22H,1H3,(H,20,23)/b18-9+. The molecular formula is C16H15ClN4O4. The lowest BCUT2D eigenvalue weighted by Crippen LogP contribution is -2.34. The number of carbonyl (C=O) groups excluding carboxylic acids is 1. The Bertz CT molecular complexity index is 808. The van der Waals surface area contributed by atoms with Gasteiger partial charge in [0.05, 0.1) is 11.1 Å². The minimum absolute atomic E-state index is 0.118. The molecule has 8 nitrogen and oxygen atoms in total. The second-order valence-corrected chi connectivity index (χ2v) is 5.54. The van der Waals surface area contributed by atoms with E-state index in [0.717, 1.165) is 12.3 Å². The van der Waals surface area contributed by atoms with Gasteiger partial charge in [-0.1, -0.05) is 11.6 Å². The number of hydrogen-bond acceptors (Lipinski definition) is 6. The van der Waals surface area contributed by atoms with Crippen LogP contribution in [0.2, 0.25) is 5.02 Å². The van der Waals surface area contributed by atoms with Gasteiger partial charge in [-0.2, -0.15) is 5.10 Å². The highest BCUT2D eigenvalue weighted by molar-refractivity contribution is 6.30. The molecule has 0 saturated heterocycles. The van der Waals surface area contributed by atoms with Crippen molar-refractivity contribution in [2.75, 3.05) is 5.32 Å². The van der Waals surface area contributed by atoms with Crippen LogP contribution in [-0.2, 0) is 4.79 Å². The summed E-state index contributed by atoms with van der Waals surface area (Å²) in [5.74, 6) is -0.605. The quantitative estimate of drug-likeness (QED) is 0.415. The van der Waals surface area contributed by atoms with Crippen molar-refractivity contribution < 1.29 is 14.8 Å². The third-order valence-electron chi connectivity index (χ3n) is 3.22. The lowest BCUT2D eigenvalue weighted by Gasteiger charge is -2.13. The summed E-state index contributed by atoms with van der Waals surface area (Å²) in [7, 11) is 0. The normalized spacial score (nSPS) is 11.9. The molecule has 1 atom stereocenters. The van der Waals surface area contributed by atoms with E-state index < -0.39 is 16.9 Å². The number of phenols is 1. The zero-order valence-electron chi connectivity index (χ0n) is 13.1. The van der Waals surface area contributed by atoms with Crippen LogP contribution >= 0.6 is 11.6 Å². The van der Waals surface area contributed by atoms with Gasteiger partial charge in [-0.3, -0.25) is 14.9 Å². The van der Waals surface area contributed by atoms with Crippen molar-refractivity contribution in [3.05, 3.63) is 63.2 Å². The molecule has 2 aromatic rings. The van der Waals surface area contributed by atoms with E-state index in [0.29, 0.717) is 10.7 Å². The maximum atomic E-state index is 12.0. The van der Waals surface area contributed by atoms with Gasteiger partial charge >= 0.3 is 0 Å². The monoisotopic (exact) mass is 362 g/mol. The Morgan fingerprint density at radius 3 is 2.64 bits per heavy atom. The van der Waals surface area contributed by atoms with Crippen molar-refractivity contribution in [1.82, 2.24) is 5.43 Å². The molecule has 0 heterocycles. The number of nitro benzene ring substituents is 1. The topological polar surface area (TPSA) is 117 Å². The summed E-state index contributed by atoms with van der Waals surface area (Å²) in [5, 5.41) is 27.7. The SMILES string of the molecule is CC(Nc1ccc(Cl)cc1)C(=O)N/N=C/c1cc([N+](=O)[O-])ccc1O. The molecule has 0 fully saturated rings. The van der Waals surface area contributed by atoms with Crippen molar-refractivity contribution in [2.45, 2.75) is 13.0 Å². The number of rotatable bonds is 6. The fourth-order valence-corrected chi connectivity index (χ4v) is 2.01. The number of amides is 1. The van der Waals surface area contributed by atoms with Gasteiger partial charge in [-0.05, 0) is 37.3 Å². The molecule has 1 amide bonds. The van der Waals surface area contributed by atoms with Gasteiger partial charge in [0.15, 0.2) is 0 Å². The second-order valence-electron chi connectivity index (χ2n) is 5.11. The van der Waals surface area contributed by atoms with Crippen LogP contribution in [0.1, 0.15) is 12.5 Å². The van der Waals surface area contributed by atoms with Gasteiger partial charge in [0.2, 0.25) is 0 Å². The van der Waals surface area contributed by atoms with Gasteiger partial charge in [-0.25, -0.2) is 5.43 Å². The van der Waals surface area contributed by atoms with Crippen molar-refractivity contribution in [2.24, 2.45) is 5.10 Å². The van der Waals surface area contributed by atoms with Crippen molar-refractivity contribution >= 4 is 35.1 Å². The van der Waals surface area contributed by atoms with E-state index in [9.17, 15) is 20.0 Å². The highest BCUT2D eigenvalue weighted by Crippen LogP contribution is 2.21. The summed E-state index contributed by atoms with van der Waals surface area (Å²) in [6, 6.07) is 9.77. The second kappa shape index (κ2) is 8.11. The predicted molar refractivity (Wildman–Crippen MR) is 95.0 cm³/mol. The molecule has 2 aromatic carbocycles. The molecule has 9 heteroatoms. The third-order valence-corrected chi connectivity index (χ3v) is 3.47. The zero-order valence-corrected chi connectivity index (χ0v) is 13.9. The Kier molecular flexibility index (Phi) is 5.91. The number of anilines is 1. The molecule has 0 radical (unpaired) electrons. The van der Waals surface area contributed by atoms with E-state index in [1.807, 2.05) is 0 Å². The number of non-ortho nitro benzene ring substituents is 1. The van der Waals surface area contributed by atoms with Crippen molar-refractivity contribution in [3.8, 4) is 5.75 Å². The molecule has 0 bridgehead atoms. The molecule has 1 unspecified atom stereocenters. The minimum atomic E-state index is -0.590. The van der Waals surface area contributed by atoms with E-state index in [-0.39, 0.29) is 17.0 Å². The molecule has 0 spiro atoms. The lowest BCUT2D eigenvalue weighted by atomic mass is 10.2. The van der Waals surface area contributed by atoms with Crippen LogP contribution in [0.4, 0.5) is 11.4 Å². The number of nitro groups is 1. The van der Waals surface area contributed by atoms with E-state index in [2.05, 4.69) is 15.8 Å². The van der Waals surface area contributed by atoms with Crippen LogP contribution in [0.3, 0.4) is 0 Å². The van der Waals surface area contributed by atoms with E-state index >= 15 is 0 Å². The van der Waals surface area contributed by atoms with Gasteiger partial charge in [0, 0.05) is 28.4 Å². The van der Waals surface area contributed by atoms with Gasteiger partial charge in [0.25, 0.3) is 11.6 Å². The van der Waals surface area contributed by atoms with Crippen LogP contribution in [0, 0.1) is 10.1 Å². The van der Waals surface area contributed by atoms with Crippen molar-refractivity contribution in [1.29, 1.82) is 0 Å². The number of aromatic hydroxyl groups is 1. The molecule has 2 rings (SSSR count). The predicted octanol–water partition coefficient (Wildman–Crippen LogP) is 2.90. The van der Waals surface area contributed by atoms with Crippen LogP contribution in [-0.4, -0.2) is 28.2 Å². The number of benzene rings is 2. The Morgan fingerprint density at radius 1 is 1.32 bits per heavy atom. The fourth-order valence-electron chi connectivity index (χ4n) is 1.88. The van der Waals surface area contributed by atoms with E-state index in [1.54, 1.807) is 31.2 Å². The number of nitrogens with zero attached hydrogens (tertiary/aromatic N) is 2. The highest BCUT2D eigenvalue weighted by atomic mass is 35.5. The van der Waals surface area contributed by atoms with Crippen LogP contribution in [0.25, 0.3) is 0 Å². The highest BCUT2D eigenvalue weighted by Gasteiger charge is 2.12.